The molecule has 0 aliphatic heterocycles. The van der Waals surface area contributed by atoms with Crippen LogP contribution in [0.4, 0.5) is 0 Å². The van der Waals surface area contributed by atoms with Gasteiger partial charge in [-0.05, 0) is 78.5 Å². The van der Waals surface area contributed by atoms with Gasteiger partial charge in [-0.2, -0.15) is 11.8 Å². The number of rotatable bonds is 16. The molecular weight excluding hydrogens is 522 g/mol. The van der Waals surface area contributed by atoms with Crippen molar-refractivity contribution in [3.05, 3.63) is 59.2 Å². The maximum atomic E-state index is 13.5. The van der Waals surface area contributed by atoms with Crippen LogP contribution in [-0.2, 0) is 25.6 Å². The van der Waals surface area contributed by atoms with Crippen LogP contribution >= 0.6 is 11.8 Å². The maximum Gasteiger partial charge on any atom is 0.328 e. The smallest absolute Gasteiger partial charge is 0.328 e. The molecule has 0 saturated heterocycles. The molecule has 0 unspecified atom stereocenters. The molecular formula is C33H47NO5S. The fourth-order valence-corrected chi connectivity index (χ4v) is 5.86. The molecule has 1 aliphatic carbocycles. The first-order valence-corrected chi connectivity index (χ1v) is 16.1. The van der Waals surface area contributed by atoms with Gasteiger partial charge in [0.2, 0.25) is 0 Å². The van der Waals surface area contributed by atoms with Crippen molar-refractivity contribution in [1.82, 2.24) is 5.32 Å². The first-order chi connectivity index (χ1) is 19.5. The lowest BCUT2D eigenvalue weighted by molar-refractivity contribution is -0.142. The lowest BCUT2D eigenvalue weighted by Crippen LogP contribution is -2.42. The summed E-state index contributed by atoms with van der Waals surface area (Å²) in [6.07, 6.45) is 11.1. The second kappa shape index (κ2) is 17.5. The van der Waals surface area contributed by atoms with Gasteiger partial charge in [-0.15, -0.1) is 0 Å². The lowest BCUT2D eigenvalue weighted by Gasteiger charge is -2.27. The Bertz CT molecular complexity index is 1070. The van der Waals surface area contributed by atoms with Crippen molar-refractivity contribution in [2.75, 3.05) is 32.3 Å². The van der Waals surface area contributed by atoms with Crippen LogP contribution in [0.1, 0.15) is 79.8 Å². The summed E-state index contributed by atoms with van der Waals surface area (Å²) in [4.78, 5) is 25.9. The molecule has 40 heavy (non-hydrogen) atoms. The first kappa shape index (κ1) is 32.2. The highest BCUT2D eigenvalue weighted by Crippen LogP contribution is 2.31. The number of carbonyl (C=O) groups excluding carboxylic acids is 2. The van der Waals surface area contributed by atoms with Gasteiger partial charge in [0, 0.05) is 12.2 Å². The van der Waals surface area contributed by atoms with E-state index in [0.717, 1.165) is 47.5 Å². The minimum Gasteiger partial charge on any atom is -0.467 e. The van der Waals surface area contributed by atoms with E-state index in [4.69, 9.17) is 14.2 Å². The number of thioether (sulfide) groups is 1. The number of hydrogen-bond donors (Lipinski definition) is 1. The largest absolute Gasteiger partial charge is 0.467 e. The summed E-state index contributed by atoms with van der Waals surface area (Å²) in [7, 11) is 1.35. The summed E-state index contributed by atoms with van der Waals surface area (Å²) in [6, 6.07) is 13.2. The van der Waals surface area contributed by atoms with Crippen LogP contribution in [0.15, 0.2) is 42.5 Å². The first-order valence-electron chi connectivity index (χ1n) is 14.7. The Morgan fingerprint density at radius 2 is 1.85 bits per heavy atom. The number of methoxy groups -OCH3 is 1. The molecule has 220 valence electrons. The average molecular weight is 570 g/mol. The second-order valence-corrected chi connectivity index (χ2v) is 11.8. The van der Waals surface area contributed by atoms with Crippen molar-refractivity contribution in [2.24, 2.45) is 5.92 Å². The minimum atomic E-state index is -0.693. The lowest BCUT2D eigenvalue weighted by atomic mass is 9.85. The van der Waals surface area contributed by atoms with Crippen LogP contribution < -0.4 is 5.32 Å². The Morgan fingerprint density at radius 1 is 1.07 bits per heavy atom. The molecule has 3 rings (SSSR count). The molecule has 0 aromatic heterocycles. The fourth-order valence-electron chi connectivity index (χ4n) is 5.39. The molecule has 1 aliphatic rings. The number of ether oxygens (including phenoxy) is 3. The molecule has 0 heterocycles. The number of benzene rings is 2. The van der Waals surface area contributed by atoms with Crippen LogP contribution in [0.25, 0.3) is 11.1 Å². The van der Waals surface area contributed by atoms with Crippen molar-refractivity contribution in [3.8, 4) is 11.1 Å². The average Bonchev–Trinajstić information content (AvgIpc) is 2.98. The van der Waals surface area contributed by atoms with E-state index in [1.807, 2.05) is 49.6 Å². The molecule has 2 aromatic carbocycles. The van der Waals surface area contributed by atoms with Crippen LogP contribution in [0.2, 0.25) is 0 Å². The van der Waals surface area contributed by atoms with E-state index < -0.39 is 12.0 Å². The van der Waals surface area contributed by atoms with Crippen LogP contribution in [0.3, 0.4) is 0 Å². The highest BCUT2D eigenvalue weighted by molar-refractivity contribution is 7.98. The zero-order valence-electron chi connectivity index (χ0n) is 24.7. The van der Waals surface area contributed by atoms with E-state index in [1.165, 1.54) is 39.2 Å². The molecule has 2 atom stereocenters. The van der Waals surface area contributed by atoms with Crippen molar-refractivity contribution >= 4 is 23.6 Å². The van der Waals surface area contributed by atoms with E-state index >= 15 is 0 Å². The standard InChI is InChI=1S/C33H47NO5S/c1-5-18-38-23-27(20-25-12-7-6-8-13-25)39-22-26-15-16-29(30(21-26)28-14-10-9-11-24(28)2)32(35)34-31(17-19-40-4)33(36)37-3/h9-11,14-16,21,25,27,31H,5-8,12-13,17-20,22-23H2,1-4H3,(H,34,35)/t27-,31-/m0/s1. The molecule has 1 fully saturated rings. The summed E-state index contributed by atoms with van der Waals surface area (Å²) in [5.41, 5.74) is 4.42. The molecule has 0 radical (unpaired) electrons. The number of carbonyl (C=O) groups is 2. The quantitative estimate of drug-likeness (QED) is 0.174. The summed E-state index contributed by atoms with van der Waals surface area (Å²) in [5.74, 6) is 0.723. The molecule has 7 heteroatoms. The Balaban J connectivity index is 1.82. The third kappa shape index (κ3) is 9.93. The van der Waals surface area contributed by atoms with Gasteiger partial charge in [0.05, 0.1) is 26.4 Å². The minimum absolute atomic E-state index is 0.0526. The predicted octanol–water partition coefficient (Wildman–Crippen LogP) is 6.97. The van der Waals surface area contributed by atoms with Crippen molar-refractivity contribution in [2.45, 2.75) is 84.0 Å². The number of amides is 1. The normalized spacial score (nSPS) is 15.4. The molecule has 1 amide bonds. The Labute approximate surface area is 244 Å². The SMILES string of the molecule is CCCOC[C@H](CC1CCCCC1)OCc1ccc(C(=O)N[C@@H](CCSC)C(=O)OC)c(-c2ccccc2C)c1. The Kier molecular flexibility index (Phi) is 14.0. The Hall–Kier alpha value is -2.35. The number of aryl methyl sites for hydroxylation is 1. The van der Waals surface area contributed by atoms with Crippen LogP contribution in [-0.4, -0.2) is 56.4 Å². The van der Waals surface area contributed by atoms with E-state index in [0.29, 0.717) is 31.1 Å². The molecule has 0 bridgehead atoms. The van der Waals surface area contributed by atoms with Crippen molar-refractivity contribution in [3.63, 3.8) is 0 Å². The summed E-state index contributed by atoms with van der Waals surface area (Å²) in [6.45, 7) is 5.97. The van der Waals surface area contributed by atoms with Gasteiger partial charge in [-0.1, -0.05) is 69.4 Å². The molecule has 2 aromatic rings. The van der Waals surface area contributed by atoms with Gasteiger partial charge in [0.1, 0.15) is 6.04 Å². The second-order valence-electron chi connectivity index (χ2n) is 10.8. The molecule has 1 saturated carbocycles. The van der Waals surface area contributed by atoms with Gasteiger partial charge in [0.15, 0.2) is 0 Å². The van der Waals surface area contributed by atoms with Crippen LogP contribution in [0, 0.1) is 12.8 Å². The number of esters is 1. The third-order valence-corrected chi connectivity index (χ3v) is 8.27. The highest BCUT2D eigenvalue weighted by atomic mass is 32.2. The van der Waals surface area contributed by atoms with Gasteiger partial charge in [-0.25, -0.2) is 4.79 Å². The van der Waals surface area contributed by atoms with E-state index in [2.05, 4.69) is 18.3 Å². The monoisotopic (exact) mass is 569 g/mol. The Morgan fingerprint density at radius 3 is 2.55 bits per heavy atom. The zero-order chi connectivity index (χ0) is 28.7. The van der Waals surface area contributed by atoms with Gasteiger partial charge in [0.25, 0.3) is 5.91 Å². The van der Waals surface area contributed by atoms with Gasteiger partial charge in [-0.3, -0.25) is 4.79 Å². The molecule has 6 nitrogen and oxygen atoms in total. The summed E-state index contributed by atoms with van der Waals surface area (Å²) in [5, 5.41) is 2.92. The summed E-state index contributed by atoms with van der Waals surface area (Å²) >= 11 is 1.63. The maximum absolute atomic E-state index is 13.5. The molecule has 1 N–H and O–H groups in total. The third-order valence-electron chi connectivity index (χ3n) is 7.62. The fraction of sp³-hybridized carbons (Fsp3) is 0.576. The van der Waals surface area contributed by atoms with E-state index in [1.54, 1.807) is 11.8 Å². The topological polar surface area (TPSA) is 73.9 Å². The van der Waals surface area contributed by atoms with E-state index in [-0.39, 0.29) is 12.0 Å². The molecule has 0 spiro atoms. The van der Waals surface area contributed by atoms with Crippen molar-refractivity contribution < 1.29 is 23.8 Å². The predicted molar refractivity (Wildman–Crippen MR) is 164 cm³/mol. The van der Waals surface area contributed by atoms with Crippen LogP contribution in [0.5, 0.6) is 0 Å². The number of nitrogens with one attached hydrogen (secondary N) is 1. The zero-order valence-corrected chi connectivity index (χ0v) is 25.5. The van der Waals surface area contributed by atoms with E-state index in [9.17, 15) is 9.59 Å². The summed E-state index contributed by atoms with van der Waals surface area (Å²) < 4.78 is 17.3. The van der Waals surface area contributed by atoms with Gasteiger partial charge < -0.3 is 19.5 Å². The number of hydrogen-bond acceptors (Lipinski definition) is 6. The van der Waals surface area contributed by atoms with Crippen molar-refractivity contribution in [1.29, 1.82) is 0 Å². The van der Waals surface area contributed by atoms with Gasteiger partial charge >= 0.3 is 5.97 Å². The highest BCUT2D eigenvalue weighted by Gasteiger charge is 2.24.